The predicted octanol–water partition coefficient (Wildman–Crippen LogP) is 1.28. The standard InChI is InChI=1S/C8H15NO3/c1-3-5-9-8(10)12-7-6-11-4-2/h4H,2-3,5-7H2,1H3,(H,9,10). The highest BCUT2D eigenvalue weighted by molar-refractivity contribution is 5.66. The molecule has 0 aromatic carbocycles. The largest absolute Gasteiger partial charge is 0.498 e. The SMILES string of the molecule is C=COCCOC(=O)NCCC. The van der Waals surface area contributed by atoms with E-state index in [0.717, 1.165) is 6.42 Å². The Morgan fingerprint density at radius 3 is 2.92 bits per heavy atom. The van der Waals surface area contributed by atoms with E-state index in [1.165, 1.54) is 6.26 Å². The summed E-state index contributed by atoms with van der Waals surface area (Å²) in [6, 6.07) is 0. The molecule has 0 aromatic heterocycles. The van der Waals surface area contributed by atoms with E-state index in [9.17, 15) is 4.79 Å². The Labute approximate surface area is 72.5 Å². The fourth-order valence-electron chi connectivity index (χ4n) is 0.544. The summed E-state index contributed by atoms with van der Waals surface area (Å²) in [7, 11) is 0. The molecule has 0 atom stereocenters. The van der Waals surface area contributed by atoms with Crippen molar-refractivity contribution in [1.29, 1.82) is 0 Å². The van der Waals surface area contributed by atoms with Crippen LogP contribution in [0.2, 0.25) is 0 Å². The Hall–Kier alpha value is -1.19. The van der Waals surface area contributed by atoms with Crippen molar-refractivity contribution in [1.82, 2.24) is 5.32 Å². The molecule has 4 nitrogen and oxygen atoms in total. The van der Waals surface area contributed by atoms with E-state index in [1.807, 2.05) is 6.92 Å². The average Bonchev–Trinajstić information content (AvgIpc) is 2.09. The van der Waals surface area contributed by atoms with Crippen LogP contribution >= 0.6 is 0 Å². The van der Waals surface area contributed by atoms with Crippen LogP contribution in [0.3, 0.4) is 0 Å². The van der Waals surface area contributed by atoms with Gasteiger partial charge in [0.05, 0.1) is 6.26 Å². The van der Waals surface area contributed by atoms with E-state index in [4.69, 9.17) is 9.47 Å². The van der Waals surface area contributed by atoms with Crippen LogP contribution in [0.15, 0.2) is 12.8 Å². The summed E-state index contributed by atoms with van der Waals surface area (Å²) in [6.45, 7) is 6.56. The minimum atomic E-state index is -0.399. The second kappa shape index (κ2) is 7.91. The zero-order chi connectivity index (χ0) is 9.23. The van der Waals surface area contributed by atoms with E-state index < -0.39 is 6.09 Å². The van der Waals surface area contributed by atoms with Crippen molar-refractivity contribution in [2.45, 2.75) is 13.3 Å². The van der Waals surface area contributed by atoms with Gasteiger partial charge in [-0.05, 0) is 6.42 Å². The minimum absolute atomic E-state index is 0.252. The molecule has 4 heteroatoms. The van der Waals surface area contributed by atoms with Crippen LogP contribution in [0.25, 0.3) is 0 Å². The first-order valence-electron chi connectivity index (χ1n) is 3.94. The third-order valence-corrected chi connectivity index (χ3v) is 1.07. The van der Waals surface area contributed by atoms with Gasteiger partial charge in [0.2, 0.25) is 0 Å². The summed E-state index contributed by atoms with van der Waals surface area (Å²) in [6.07, 6.45) is 1.82. The van der Waals surface area contributed by atoms with Gasteiger partial charge >= 0.3 is 6.09 Å². The van der Waals surface area contributed by atoms with Gasteiger partial charge in [-0.3, -0.25) is 0 Å². The summed E-state index contributed by atoms with van der Waals surface area (Å²) < 4.78 is 9.47. The Morgan fingerprint density at radius 2 is 2.33 bits per heavy atom. The molecule has 0 saturated carbocycles. The minimum Gasteiger partial charge on any atom is -0.498 e. The summed E-state index contributed by atoms with van der Waals surface area (Å²) >= 11 is 0. The highest BCUT2D eigenvalue weighted by atomic mass is 16.6. The summed E-state index contributed by atoms with van der Waals surface area (Å²) in [5, 5.41) is 2.57. The molecule has 0 aromatic rings. The molecule has 1 amide bonds. The zero-order valence-corrected chi connectivity index (χ0v) is 7.34. The van der Waals surface area contributed by atoms with Crippen molar-refractivity contribution in [3.8, 4) is 0 Å². The van der Waals surface area contributed by atoms with Gasteiger partial charge in [0.1, 0.15) is 13.2 Å². The Balaban J connectivity index is 3.13. The number of carbonyl (C=O) groups is 1. The number of amides is 1. The number of nitrogens with one attached hydrogen (secondary N) is 1. The van der Waals surface area contributed by atoms with Gasteiger partial charge in [-0.1, -0.05) is 13.5 Å². The molecular formula is C8H15NO3. The van der Waals surface area contributed by atoms with Crippen molar-refractivity contribution in [2.24, 2.45) is 0 Å². The average molecular weight is 173 g/mol. The fourth-order valence-corrected chi connectivity index (χ4v) is 0.544. The smallest absolute Gasteiger partial charge is 0.407 e. The van der Waals surface area contributed by atoms with Gasteiger partial charge in [0, 0.05) is 6.54 Å². The number of alkyl carbamates (subject to hydrolysis) is 1. The van der Waals surface area contributed by atoms with Crippen molar-refractivity contribution >= 4 is 6.09 Å². The molecule has 0 unspecified atom stereocenters. The van der Waals surface area contributed by atoms with Crippen molar-refractivity contribution in [3.05, 3.63) is 12.8 Å². The summed E-state index contributed by atoms with van der Waals surface area (Å²) in [4.78, 5) is 10.8. The van der Waals surface area contributed by atoms with Crippen molar-refractivity contribution in [2.75, 3.05) is 19.8 Å². The van der Waals surface area contributed by atoms with Crippen LogP contribution in [-0.4, -0.2) is 25.9 Å². The molecule has 12 heavy (non-hydrogen) atoms. The van der Waals surface area contributed by atoms with Gasteiger partial charge < -0.3 is 14.8 Å². The molecule has 0 aliphatic heterocycles. The Morgan fingerprint density at radius 1 is 1.58 bits per heavy atom. The number of hydrogen-bond acceptors (Lipinski definition) is 3. The number of carbonyl (C=O) groups excluding carboxylic acids is 1. The quantitative estimate of drug-likeness (QED) is 0.486. The molecule has 70 valence electrons. The second-order valence-corrected chi connectivity index (χ2v) is 2.10. The molecule has 1 N–H and O–H groups in total. The molecule has 0 aliphatic carbocycles. The zero-order valence-electron chi connectivity index (χ0n) is 7.34. The normalized spacial score (nSPS) is 8.75. The van der Waals surface area contributed by atoms with Crippen LogP contribution in [-0.2, 0) is 9.47 Å². The highest BCUT2D eigenvalue weighted by Crippen LogP contribution is 1.80. The first kappa shape index (κ1) is 10.8. The first-order chi connectivity index (χ1) is 5.81. The summed E-state index contributed by atoms with van der Waals surface area (Å²) in [5.74, 6) is 0. The van der Waals surface area contributed by atoms with E-state index in [-0.39, 0.29) is 6.61 Å². The van der Waals surface area contributed by atoms with Crippen LogP contribution in [0, 0.1) is 0 Å². The van der Waals surface area contributed by atoms with E-state index in [1.54, 1.807) is 0 Å². The van der Waals surface area contributed by atoms with Gasteiger partial charge in [0.25, 0.3) is 0 Å². The fraction of sp³-hybridized carbons (Fsp3) is 0.625. The molecule has 0 bridgehead atoms. The molecular weight excluding hydrogens is 158 g/mol. The Bertz CT molecular complexity index is 136. The maximum atomic E-state index is 10.8. The van der Waals surface area contributed by atoms with Gasteiger partial charge in [-0.2, -0.15) is 0 Å². The lowest BCUT2D eigenvalue weighted by molar-refractivity contribution is 0.113. The maximum Gasteiger partial charge on any atom is 0.407 e. The molecule has 0 aliphatic rings. The molecule has 0 spiro atoms. The predicted molar refractivity (Wildman–Crippen MR) is 45.8 cm³/mol. The number of ether oxygens (including phenoxy) is 2. The molecule has 0 saturated heterocycles. The van der Waals surface area contributed by atoms with E-state index in [0.29, 0.717) is 13.2 Å². The highest BCUT2D eigenvalue weighted by Gasteiger charge is 1.97. The third kappa shape index (κ3) is 6.92. The monoisotopic (exact) mass is 173 g/mol. The second-order valence-electron chi connectivity index (χ2n) is 2.10. The lowest BCUT2D eigenvalue weighted by Gasteiger charge is -2.04. The Kier molecular flexibility index (Phi) is 7.13. The van der Waals surface area contributed by atoms with Gasteiger partial charge in [-0.25, -0.2) is 4.79 Å². The van der Waals surface area contributed by atoms with Crippen LogP contribution < -0.4 is 5.32 Å². The van der Waals surface area contributed by atoms with E-state index >= 15 is 0 Å². The number of hydrogen-bond donors (Lipinski definition) is 1. The topological polar surface area (TPSA) is 47.6 Å². The number of rotatable bonds is 6. The van der Waals surface area contributed by atoms with Gasteiger partial charge in [0.15, 0.2) is 0 Å². The molecule has 0 fully saturated rings. The molecule has 0 rings (SSSR count). The maximum absolute atomic E-state index is 10.8. The summed E-state index contributed by atoms with van der Waals surface area (Å²) in [5.41, 5.74) is 0. The molecule has 0 heterocycles. The van der Waals surface area contributed by atoms with Crippen LogP contribution in [0.5, 0.6) is 0 Å². The van der Waals surface area contributed by atoms with E-state index in [2.05, 4.69) is 11.9 Å². The van der Waals surface area contributed by atoms with Crippen LogP contribution in [0.1, 0.15) is 13.3 Å². The molecule has 0 radical (unpaired) electrons. The van der Waals surface area contributed by atoms with Crippen LogP contribution in [0.4, 0.5) is 4.79 Å². The van der Waals surface area contributed by atoms with Crippen molar-refractivity contribution in [3.63, 3.8) is 0 Å². The van der Waals surface area contributed by atoms with Gasteiger partial charge in [-0.15, -0.1) is 0 Å². The lowest BCUT2D eigenvalue weighted by Crippen LogP contribution is -2.26. The lowest BCUT2D eigenvalue weighted by atomic mass is 10.5. The van der Waals surface area contributed by atoms with Crippen molar-refractivity contribution < 1.29 is 14.3 Å². The first-order valence-corrected chi connectivity index (χ1v) is 3.94. The third-order valence-electron chi connectivity index (χ3n) is 1.07.